The molecule has 0 aliphatic carbocycles. The summed E-state index contributed by atoms with van der Waals surface area (Å²) >= 11 is 0. The molecule has 1 unspecified atom stereocenters. The molecule has 92 valence electrons. The molecule has 0 saturated carbocycles. The fraction of sp³-hybridized carbons (Fsp3) is 0.500. The molecule has 2 heterocycles. The number of rotatable bonds is 5. The average Bonchev–Trinajstić information content (AvgIpc) is 2.40. The molecule has 3 heteroatoms. The van der Waals surface area contributed by atoms with Gasteiger partial charge in [0.15, 0.2) is 0 Å². The molecule has 17 heavy (non-hydrogen) atoms. The highest BCUT2D eigenvalue weighted by molar-refractivity contribution is 5.18. The number of nitrogens with zero attached hydrogens (tertiary/aromatic N) is 1. The molecule has 2 rings (SSSR count). The molecule has 1 N–H and O–H groups in total. The average molecular weight is 232 g/mol. The Kier molecular flexibility index (Phi) is 4.56. The van der Waals surface area contributed by atoms with Crippen LogP contribution in [0.15, 0.2) is 36.4 Å². The summed E-state index contributed by atoms with van der Waals surface area (Å²) in [6.07, 6.45) is 8.94. The van der Waals surface area contributed by atoms with Gasteiger partial charge in [0.05, 0.1) is 12.9 Å². The minimum atomic E-state index is 0.379. The molecule has 1 aromatic rings. The van der Waals surface area contributed by atoms with E-state index in [9.17, 15) is 0 Å². The van der Waals surface area contributed by atoms with Gasteiger partial charge in [-0.15, -0.1) is 0 Å². The van der Waals surface area contributed by atoms with Gasteiger partial charge in [-0.25, -0.2) is 0 Å². The summed E-state index contributed by atoms with van der Waals surface area (Å²) in [7, 11) is 0. The highest BCUT2D eigenvalue weighted by Gasteiger charge is 2.16. The van der Waals surface area contributed by atoms with Crippen LogP contribution in [0.4, 0.5) is 0 Å². The summed E-state index contributed by atoms with van der Waals surface area (Å²) in [6.45, 7) is 3.97. The maximum Gasteiger partial charge on any atom is 0.0876 e. The highest BCUT2D eigenvalue weighted by Crippen LogP contribution is 2.18. The normalized spacial score (nSPS) is 17.1. The third-order valence-corrected chi connectivity index (χ3v) is 3.02. The van der Waals surface area contributed by atoms with Crippen molar-refractivity contribution >= 4 is 0 Å². The zero-order valence-corrected chi connectivity index (χ0v) is 10.4. The summed E-state index contributed by atoms with van der Waals surface area (Å²) in [6, 6.07) is 4.50. The van der Waals surface area contributed by atoms with Gasteiger partial charge >= 0.3 is 0 Å². The standard InChI is InChI=1S/C14H20N2O/c1-2-16-14(13-6-4-8-17-11-13)9-12-5-3-7-15-10-12/h3,5,7,10-11,14,16H,2,4,6,8-9H2,1H3. The van der Waals surface area contributed by atoms with E-state index < -0.39 is 0 Å². The lowest BCUT2D eigenvalue weighted by Gasteiger charge is -2.24. The zero-order chi connectivity index (χ0) is 11.9. The van der Waals surface area contributed by atoms with Crippen LogP contribution in [0.3, 0.4) is 0 Å². The highest BCUT2D eigenvalue weighted by atomic mass is 16.5. The van der Waals surface area contributed by atoms with Crippen molar-refractivity contribution in [2.45, 2.75) is 32.2 Å². The molecule has 0 fully saturated rings. The largest absolute Gasteiger partial charge is 0.501 e. The second-order valence-electron chi connectivity index (χ2n) is 4.34. The molecule has 1 atom stereocenters. The van der Waals surface area contributed by atoms with Gasteiger partial charge in [0.2, 0.25) is 0 Å². The fourth-order valence-electron chi connectivity index (χ4n) is 2.18. The maximum atomic E-state index is 5.43. The third-order valence-electron chi connectivity index (χ3n) is 3.02. The van der Waals surface area contributed by atoms with E-state index in [1.54, 1.807) is 0 Å². The van der Waals surface area contributed by atoms with Crippen molar-refractivity contribution in [2.75, 3.05) is 13.2 Å². The van der Waals surface area contributed by atoms with Crippen LogP contribution in [0.2, 0.25) is 0 Å². The van der Waals surface area contributed by atoms with Gasteiger partial charge in [0.1, 0.15) is 0 Å². The lowest BCUT2D eigenvalue weighted by Crippen LogP contribution is -2.34. The molecule has 3 nitrogen and oxygen atoms in total. The first-order chi connectivity index (χ1) is 8.40. The zero-order valence-electron chi connectivity index (χ0n) is 10.4. The Labute approximate surface area is 103 Å². The van der Waals surface area contributed by atoms with Crippen LogP contribution in [0.25, 0.3) is 0 Å². The summed E-state index contributed by atoms with van der Waals surface area (Å²) < 4.78 is 5.43. The molecule has 0 spiro atoms. The second-order valence-corrected chi connectivity index (χ2v) is 4.34. The molecule has 0 amide bonds. The molecular formula is C14H20N2O. The number of ether oxygens (including phenoxy) is 1. The molecule has 0 radical (unpaired) electrons. The predicted molar refractivity (Wildman–Crippen MR) is 68.7 cm³/mol. The van der Waals surface area contributed by atoms with E-state index in [0.717, 1.165) is 32.4 Å². The first-order valence-corrected chi connectivity index (χ1v) is 6.33. The minimum absolute atomic E-state index is 0.379. The summed E-state index contributed by atoms with van der Waals surface area (Å²) in [5.74, 6) is 0. The molecule has 1 aliphatic heterocycles. The molecule has 0 bridgehead atoms. The van der Waals surface area contributed by atoms with Crippen LogP contribution >= 0.6 is 0 Å². The second kappa shape index (κ2) is 6.40. The van der Waals surface area contributed by atoms with Crippen molar-refractivity contribution in [3.63, 3.8) is 0 Å². The Morgan fingerprint density at radius 1 is 1.53 bits per heavy atom. The first kappa shape index (κ1) is 12.1. The smallest absolute Gasteiger partial charge is 0.0876 e. The van der Waals surface area contributed by atoms with E-state index in [4.69, 9.17) is 4.74 Å². The molecule has 0 aromatic carbocycles. The topological polar surface area (TPSA) is 34.2 Å². The summed E-state index contributed by atoms with van der Waals surface area (Å²) in [5.41, 5.74) is 2.65. The van der Waals surface area contributed by atoms with Crippen LogP contribution in [0, 0.1) is 0 Å². The predicted octanol–water partition coefficient (Wildman–Crippen LogP) is 2.30. The maximum absolute atomic E-state index is 5.43. The van der Waals surface area contributed by atoms with Crippen molar-refractivity contribution in [3.05, 3.63) is 41.9 Å². The number of hydrogen-bond donors (Lipinski definition) is 1. The monoisotopic (exact) mass is 232 g/mol. The lowest BCUT2D eigenvalue weighted by molar-refractivity contribution is 0.219. The van der Waals surface area contributed by atoms with Crippen molar-refractivity contribution in [1.29, 1.82) is 0 Å². The number of aromatic nitrogens is 1. The van der Waals surface area contributed by atoms with Crippen molar-refractivity contribution in [3.8, 4) is 0 Å². The van der Waals surface area contributed by atoms with Crippen LogP contribution in [-0.2, 0) is 11.2 Å². The first-order valence-electron chi connectivity index (χ1n) is 6.33. The Balaban J connectivity index is 2.04. The van der Waals surface area contributed by atoms with Crippen molar-refractivity contribution < 1.29 is 4.74 Å². The fourth-order valence-corrected chi connectivity index (χ4v) is 2.18. The molecular weight excluding hydrogens is 212 g/mol. The van der Waals surface area contributed by atoms with Gasteiger partial charge in [0, 0.05) is 18.4 Å². The van der Waals surface area contributed by atoms with E-state index in [2.05, 4.69) is 23.3 Å². The van der Waals surface area contributed by atoms with Crippen molar-refractivity contribution in [1.82, 2.24) is 10.3 Å². The van der Waals surface area contributed by atoms with Crippen LogP contribution < -0.4 is 5.32 Å². The number of nitrogens with one attached hydrogen (secondary N) is 1. The Morgan fingerprint density at radius 2 is 2.47 bits per heavy atom. The quantitative estimate of drug-likeness (QED) is 0.846. The number of pyridine rings is 1. The van der Waals surface area contributed by atoms with Gasteiger partial charge in [-0.1, -0.05) is 13.0 Å². The van der Waals surface area contributed by atoms with Gasteiger partial charge in [-0.2, -0.15) is 0 Å². The van der Waals surface area contributed by atoms with Crippen molar-refractivity contribution in [2.24, 2.45) is 0 Å². The SMILES string of the molecule is CCNC(Cc1cccnc1)C1=COCCC1. The number of hydrogen-bond acceptors (Lipinski definition) is 3. The summed E-state index contributed by atoms with van der Waals surface area (Å²) in [4.78, 5) is 4.16. The van der Waals surface area contributed by atoms with E-state index in [1.807, 2.05) is 24.7 Å². The van der Waals surface area contributed by atoms with E-state index in [-0.39, 0.29) is 0 Å². The van der Waals surface area contributed by atoms with E-state index in [0.29, 0.717) is 6.04 Å². The van der Waals surface area contributed by atoms with Crippen LogP contribution in [0.1, 0.15) is 25.3 Å². The van der Waals surface area contributed by atoms with Gasteiger partial charge in [0.25, 0.3) is 0 Å². The van der Waals surface area contributed by atoms with E-state index in [1.165, 1.54) is 11.1 Å². The van der Waals surface area contributed by atoms with Crippen LogP contribution in [0.5, 0.6) is 0 Å². The molecule has 0 saturated heterocycles. The minimum Gasteiger partial charge on any atom is -0.501 e. The Bertz CT molecular complexity index is 362. The Morgan fingerprint density at radius 3 is 3.12 bits per heavy atom. The lowest BCUT2D eigenvalue weighted by atomic mass is 9.96. The van der Waals surface area contributed by atoms with Gasteiger partial charge < -0.3 is 10.1 Å². The molecule has 1 aromatic heterocycles. The van der Waals surface area contributed by atoms with Gasteiger partial charge in [-0.05, 0) is 43.0 Å². The molecule has 1 aliphatic rings. The third kappa shape index (κ3) is 3.56. The van der Waals surface area contributed by atoms with E-state index >= 15 is 0 Å². The Hall–Kier alpha value is -1.35. The summed E-state index contributed by atoms with van der Waals surface area (Å²) in [5, 5.41) is 3.52. The van der Waals surface area contributed by atoms with Gasteiger partial charge in [-0.3, -0.25) is 4.98 Å². The number of likely N-dealkylation sites (N-methyl/N-ethyl adjacent to an activating group) is 1. The van der Waals surface area contributed by atoms with Crippen LogP contribution in [-0.4, -0.2) is 24.2 Å².